The molecule has 0 unspecified atom stereocenters. The number of anilines is 1. The number of hydrogen-bond donors (Lipinski definition) is 2. The van der Waals surface area contributed by atoms with Gasteiger partial charge in [0, 0.05) is 31.7 Å². The van der Waals surface area contributed by atoms with Gasteiger partial charge in [0.2, 0.25) is 5.82 Å². The third kappa shape index (κ3) is 2.61. The molecule has 7 nitrogen and oxygen atoms in total. The molecule has 1 aromatic heterocycles. The van der Waals surface area contributed by atoms with Gasteiger partial charge in [-0.05, 0) is 20.8 Å². The summed E-state index contributed by atoms with van der Waals surface area (Å²) in [6.07, 6.45) is 0. The highest BCUT2D eigenvalue weighted by Crippen LogP contribution is 2.16. The minimum absolute atomic E-state index is 0.136. The zero-order chi connectivity index (χ0) is 13.3. The highest BCUT2D eigenvalue weighted by Gasteiger charge is 2.27. The molecule has 1 aliphatic rings. The first-order valence-electron chi connectivity index (χ1n) is 6.07. The van der Waals surface area contributed by atoms with Crippen LogP contribution in [0.25, 0.3) is 0 Å². The summed E-state index contributed by atoms with van der Waals surface area (Å²) in [5.41, 5.74) is -0.864. The van der Waals surface area contributed by atoms with Crippen LogP contribution in [-0.4, -0.2) is 51.8 Å². The summed E-state index contributed by atoms with van der Waals surface area (Å²) in [6.45, 7) is 9.75. The van der Waals surface area contributed by atoms with Crippen molar-refractivity contribution in [3.8, 4) is 0 Å². The fraction of sp³-hybridized carbons (Fsp3) is 0.727. The van der Waals surface area contributed by atoms with Gasteiger partial charge < -0.3 is 4.90 Å². The molecule has 2 heterocycles. The lowest BCUT2D eigenvalue weighted by molar-refractivity contribution is 0.128. The van der Waals surface area contributed by atoms with Gasteiger partial charge in [-0.3, -0.25) is 14.7 Å². The van der Waals surface area contributed by atoms with Crippen LogP contribution in [0, 0.1) is 0 Å². The van der Waals surface area contributed by atoms with E-state index in [2.05, 4.69) is 40.9 Å². The van der Waals surface area contributed by atoms with Crippen molar-refractivity contribution in [3.05, 3.63) is 20.8 Å². The molecule has 0 spiro atoms. The van der Waals surface area contributed by atoms with E-state index in [0.717, 1.165) is 26.2 Å². The van der Waals surface area contributed by atoms with E-state index in [1.807, 2.05) is 4.90 Å². The molecule has 0 saturated carbocycles. The molecule has 1 aliphatic heterocycles. The zero-order valence-corrected chi connectivity index (χ0v) is 11.0. The topological polar surface area (TPSA) is 85.1 Å². The van der Waals surface area contributed by atoms with Gasteiger partial charge >= 0.3 is 5.69 Å². The highest BCUT2D eigenvalue weighted by atomic mass is 16.2. The van der Waals surface area contributed by atoms with Crippen LogP contribution in [0.15, 0.2) is 9.59 Å². The van der Waals surface area contributed by atoms with Crippen LogP contribution in [0.3, 0.4) is 0 Å². The molecule has 0 bridgehead atoms. The summed E-state index contributed by atoms with van der Waals surface area (Å²) >= 11 is 0. The Bertz CT molecular complexity index is 519. The van der Waals surface area contributed by atoms with E-state index in [-0.39, 0.29) is 5.54 Å². The summed E-state index contributed by atoms with van der Waals surface area (Å²) in [5, 5.41) is 6.08. The lowest BCUT2D eigenvalue weighted by Gasteiger charge is -2.42. The summed E-state index contributed by atoms with van der Waals surface area (Å²) in [5.74, 6) is 0.295. The third-order valence-electron chi connectivity index (χ3n) is 3.22. The van der Waals surface area contributed by atoms with Gasteiger partial charge in [0.15, 0.2) is 0 Å². The van der Waals surface area contributed by atoms with Crippen molar-refractivity contribution in [2.75, 3.05) is 31.1 Å². The molecular weight excluding hydrogens is 234 g/mol. The van der Waals surface area contributed by atoms with E-state index in [9.17, 15) is 9.59 Å². The van der Waals surface area contributed by atoms with Crippen molar-refractivity contribution in [1.29, 1.82) is 0 Å². The summed E-state index contributed by atoms with van der Waals surface area (Å²) in [7, 11) is 0. The maximum atomic E-state index is 11.6. The summed E-state index contributed by atoms with van der Waals surface area (Å²) in [4.78, 5) is 29.0. The minimum atomic E-state index is -0.572. The molecule has 18 heavy (non-hydrogen) atoms. The first kappa shape index (κ1) is 12.8. The van der Waals surface area contributed by atoms with Crippen LogP contribution in [-0.2, 0) is 0 Å². The van der Waals surface area contributed by atoms with Crippen LogP contribution in [0.1, 0.15) is 20.8 Å². The van der Waals surface area contributed by atoms with Crippen LogP contribution in [0.2, 0.25) is 0 Å². The number of nitrogens with zero attached hydrogens (tertiary/aromatic N) is 3. The van der Waals surface area contributed by atoms with Crippen LogP contribution >= 0.6 is 0 Å². The number of hydrogen-bond acceptors (Lipinski definition) is 5. The van der Waals surface area contributed by atoms with E-state index in [4.69, 9.17) is 0 Å². The molecule has 0 aromatic carbocycles. The highest BCUT2D eigenvalue weighted by molar-refractivity contribution is 5.34. The van der Waals surface area contributed by atoms with Crippen molar-refractivity contribution in [3.63, 3.8) is 0 Å². The molecule has 2 N–H and O–H groups in total. The van der Waals surface area contributed by atoms with Crippen LogP contribution in [0.5, 0.6) is 0 Å². The SMILES string of the molecule is CC(C)(C)N1CCN(c2n[nH]c(=O)[nH]c2=O)CC1. The number of aromatic amines is 2. The fourth-order valence-corrected chi connectivity index (χ4v) is 2.14. The fourth-order valence-electron chi connectivity index (χ4n) is 2.14. The molecule has 100 valence electrons. The van der Waals surface area contributed by atoms with Crippen LogP contribution in [0.4, 0.5) is 5.82 Å². The maximum absolute atomic E-state index is 11.6. The average molecular weight is 253 g/mol. The Labute approximate surface area is 105 Å². The number of aromatic nitrogens is 3. The van der Waals surface area contributed by atoms with Crippen molar-refractivity contribution in [2.24, 2.45) is 0 Å². The van der Waals surface area contributed by atoms with Gasteiger partial charge in [0.25, 0.3) is 5.56 Å². The van der Waals surface area contributed by atoms with Gasteiger partial charge in [-0.1, -0.05) is 0 Å². The number of H-pyrrole nitrogens is 2. The van der Waals surface area contributed by atoms with E-state index < -0.39 is 11.2 Å². The molecule has 1 fully saturated rings. The minimum Gasteiger partial charge on any atom is -0.348 e. The number of rotatable bonds is 1. The first-order chi connectivity index (χ1) is 8.38. The smallest absolute Gasteiger partial charge is 0.342 e. The van der Waals surface area contributed by atoms with Gasteiger partial charge in [0.05, 0.1) is 0 Å². The number of nitrogens with one attached hydrogen (secondary N) is 2. The lowest BCUT2D eigenvalue weighted by Crippen LogP contribution is -2.54. The van der Waals surface area contributed by atoms with Gasteiger partial charge in [-0.15, -0.1) is 5.10 Å². The molecule has 2 rings (SSSR count). The monoisotopic (exact) mass is 253 g/mol. The van der Waals surface area contributed by atoms with E-state index in [0.29, 0.717) is 5.82 Å². The zero-order valence-electron chi connectivity index (χ0n) is 11.0. The van der Waals surface area contributed by atoms with Crippen molar-refractivity contribution in [1.82, 2.24) is 20.1 Å². The Morgan fingerprint density at radius 1 is 1.11 bits per heavy atom. The Balaban J connectivity index is 2.10. The van der Waals surface area contributed by atoms with Gasteiger partial charge in [-0.2, -0.15) is 0 Å². The number of piperazine rings is 1. The largest absolute Gasteiger partial charge is 0.348 e. The molecule has 0 radical (unpaired) electrons. The Kier molecular flexibility index (Phi) is 3.25. The summed E-state index contributed by atoms with van der Waals surface area (Å²) in [6, 6.07) is 0. The molecule has 0 aliphatic carbocycles. The Hall–Kier alpha value is -1.63. The molecule has 0 amide bonds. The molecule has 1 aromatic rings. The molecular formula is C11H19N5O2. The van der Waals surface area contributed by atoms with E-state index in [1.54, 1.807) is 0 Å². The predicted molar refractivity (Wildman–Crippen MR) is 69.0 cm³/mol. The standard InChI is InChI=1S/C11H19N5O2/c1-11(2,3)16-6-4-15(5-7-16)8-9(17)12-10(18)14-13-8/h4-7H2,1-3H3,(H2,12,14,17,18). The third-order valence-corrected chi connectivity index (χ3v) is 3.22. The lowest BCUT2D eigenvalue weighted by atomic mass is 10.1. The van der Waals surface area contributed by atoms with E-state index >= 15 is 0 Å². The average Bonchev–Trinajstić information content (AvgIpc) is 2.28. The van der Waals surface area contributed by atoms with Crippen LogP contribution < -0.4 is 16.1 Å². The quantitative estimate of drug-likeness (QED) is 0.696. The van der Waals surface area contributed by atoms with Crippen molar-refractivity contribution >= 4 is 5.82 Å². The molecule has 7 heteroatoms. The van der Waals surface area contributed by atoms with Gasteiger partial charge in [0.1, 0.15) is 0 Å². The maximum Gasteiger partial charge on any atom is 0.342 e. The second kappa shape index (κ2) is 4.56. The normalized spacial score (nSPS) is 18.1. The second-order valence-electron chi connectivity index (χ2n) is 5.48. The first-order valence-corrected chi connectivity index (χ1v) is 6.07. The van der Waals surface area contributed by atoms with E-state index in [1.165, 1.54) is 0 Å². The molecule has 0 atom stereocenters. The summed E-state index contributed by atoms with van der Waals surface area (Å²) < 4.78 is 0. The van der Waals surface area contributed by atoms with Crippen molar-refractivity contribution in [2.45, 2.75) is 26.3 Å². The molecule has 1 saturated heterocycles. The predicted octanol–water partition coefficient (Wildman–Crippen LogP) is -0.621. The van der Waals surface area contributed by atoms with Crippen molar-refractivity contribution < 1.29 is 0 Å². The Morgan fingerprint density at radius 2 is 1.72 bits per heavy atom. The van der Waals surface area contributed by atoms with Gasteiger partial charge in [-0.25, -0.2) is 9.89 Å². The Morgan fingerprint density at radius 3 is 2.22 bits per heavy atom. The second-order valence-corrected chi connectivity index (χ2v) is 5.48.